The zero-order chi connectivity index (χ0) is 16.0. The molecule has 1 aromatic carbocycles. The molecular formula is C18H20N4O. The highest BCUT2D eigenvalue weighted by Gasteiger charge is 2.39. The Hall–Kier alpha value is -2.56. The average molecular weight is 308 g/mol. The fraction of sp³-hybridized carbons (Fsp3) is 0.333. The molecule has 5 nitrogen and oxygen atoms in total. The number of rotatable bonds is 3. The van der Waals surface area contributed by atoms with E-state index in [9.17, 15) is 4.79 Å². The van der Waals surface area contributed by atoms with Crippen LogP contribution in [-0.2, 0) is 16.6 Å². The largest absolute Gasteiger partial charge is 0.364 e. The smallest absolute Gasteiger partial charge is 0.234 e. The van der Waals surface area contributed by atoms with E-state index in [-0.39, 0.29) is 12.1 Å². The molecule has 4 rings (SSSR count). The molecule has 0 aliphatic carbocycles. The van der Waals surface area contributed by atoms with Crippen LogP contribution in [0.25, 0.3) is 0 Å². The van der Waals surface area contributed by atoms with Gasteiger partial charge >= 0.3 is 0 Å². The summed E-state index contributed by atoms with van der Waals surface area (Å²) >= 11 is 0. The van der Waals surface area contributed by atoms with Crippen molar-refractivity contribution in [3.63, 3.8) is 0 Å². The molecule has 0 fully saturated rings. The lowest BCUT2D eigenvalue weighted by Crippen LogP contribution is -2.27. The number of hydrogen-bond acceptors (Lipinski definition) is 4. The van der Waals surface area contributed by atoms with Crippen molar-refractivity contribution < 1.29 is 4.79 Å². The van der Waals surface area contributed by atoms with Gasteiger partial charge in [0.05, 0.1) is 23.0 Å². The van der Waals surface area contributed by atoms with Gasteiger partial charge in [-0.2, -0.15) is 0 Å². The molecule has 5 heteroatoms. The second-order valence-electron chi connectivity index (χ2n) is 6.76. The number of benzene rings is 1. The average Bonchev–Trinajstić information content (AvgIpc) is 3.03. The molecule has 2 aromatic rings. The van der Waals surface area contributed by atoms with Crippen LogP contribution in [0.2, 0.25) is 0 Å². The van der Waals surface area contributed by atoms with E-state index in [4.69, 9.17) is 0 Å². The summed E-state index contributed by atoms with van der Waals surface area (Å²) in [6.45, 7) is 3.92. The van der Waals surface area contributed by atoms with Gasteiger partial charge in [0.25, 0.3) is 0 Å². The zero-order valence-electron chi connectivity index (χ0n) is 13.3. The minimum atomic E-state index is -0.472. The van der Waals surface area contributed by atoms with Crippen LogP contribution in [0, 0.1) is 0 Å². The van der Waals surface area contributed by atoms with E-state index in [1.807, 2.05) is 32.2 Å². The molecule has 3 N–H and O–H groups in total. The number of hydrogen-bond donors (Lipinski definition) is 3. The van der Waals surface area contributed by atoms with Crippen LogP contribution in [0.1, 0.15) is 31.4 Å². The second kappa shape index (κ2) is 4.98. The number of aromatic nitrogens is 1. The lowest BCUT2D eigenvalue weighted by atomic mass is 9.86. The Balaban J connectivity index is 1.50. The van der Waals surface area contributed by atoms with E-state index < -0.39 is 5.41 Å². The Kier molecular flexibility index (Phi) is 3.04. The predicted octanol–water partition coefficient (Wildman–Crippen LogP) is 3.11. The summed E-state index contributed by atoms with van der Waals surface area (Å²) in [4.78, 5) is 16.2. The maximum absolute atomic E-state index is 12.0. The number of carbonyl (C=O) groups is 1. The van der Waals surface area contributed by atoms with E-state index in [0.29, 0.717) is 0 Å². The van der Waals surface area contributed by atoms with Crippen LogP contribution in [0.3, 0.4) is 0 Å². The summed E-state index contributed by atoms with van der Waals surface area (Å²) in [5, 5.41) is 9.99. The molecule has 1 amide bonds. The fourth-order valence-corrected chi connectivity index (χ4v) is 3.27. The molecule has 23 heavy (non-hydrogen) atoms. The summed E-state index contributed by atoms with van der Waals surface area (Å²) in [6, 6.07) is 8.20. The summed E-state index contributed by atoms with van der Waals surface area (Å²) in [6.07, 6.45) is 5.85. The van der Waals surface area contributed by atoms with Crippen molar-refractivity contribution in [2.75, 3.05) is 16.0 Å². The topological polar surface area (TPSA) is 66.0 Å². The van der Waals surface area contributed by atoms with Crippen LogP contribution in [0.15, 0.2) is 36.7 Å². The lowest BCUT2D eigenvalue weighted by Gasteiger charge is -2.15. The summed E-state index contributed by atoms with van der Waals surface area (Å²) in [7, 11) is 0. The Morgan fingerprint density at radius 1 is 1.17 bits per heavy atom. The van der Waals surface area contributed by atoms with E-state index in [2.05, 4.69) is 33.1 Å². The molecule has 3 heterocycles. The molecule has 118 valence electrons. The summed E-state index contributed by atoms with van der Waals surface area (Å²) in [5.74, 6) is 0.0595. The number of nitrogens with zero attached hydrogens (tertiary/aromatic N) is 1. The number of carbonyl (C=O) groups excluding carboxylic acids is 1. The number of aryl methyl sites for hydroxylation is 1. The van der Waals surface area contributed by atoms with Gasteiger partial charge in [0.1, 0.15) is 0 Å². The number of fused-ring (bicyclic) bond motifs is 2. The predicted molar refractivity (Wildman–Crippen MR) is 91.7 cm³/mol. The van der Waals surface area contributed by atoms with Crippen molar-refractivity contribution in [1.29, 1.82) is 0 Å². The molecule has 1 atom stereocenters. The minimum Gasteiger partial charge on any atom is -0.364 e. The second-order valence-corrected chi connectivity index (χ2v) is 6.76. The van der Waals surface area contributed by atoms with Crippen molar-refractivity contribution in [3.8, 4) is 0 Å². The Labute approximate surface area is 135 Å². The molecule has 0 bridgehead atoms. The van der Waals surface area contributed by atoms with Gasteiger partial charge in [-0.3, -0.25) is 9.78 Å². The highest BCUT2D eigenvalue weighted by molar-refractivity contribution is 6.07. The molecule has 1 unspecified atom stereocenters. The molecule has 2 aliphatic rings. The number of nitrogens with one attached hydrogen (secondary N) is 3. The van der Waals surface area contributed by atoms with Crippen LogP contribution in [-0.4, -0.2) is 17.1 Å². The van der Waals surface area contributed by atoms with Gasteiger partial charge in [-0.05, 0) is 56.0 Å². The molecule has 0 radical (unpaired) electrons. The van der Waals surface area contributed by atoms with Crippen molar-refractivity contribution in [2.45, 2.75) is 38.3 Å². The molecule has 1 aromatic heterocycles. The first-order valence-electron chi connectivity index (χ1n) is 7.96. The fourth-order valence-electron chi connectivity index (χ4n) is 3.27. The van der Waals surface area contributed by atoms with Crippen LogP contribution in [0.4, 0.5) is 17.1 Å². The first kappa shape index (κ1) is 14.1. The summed E-state index contributed by atoms with van der Waals surface area (Å²) in [5.41, 5.74) is 4.87. The number of amides is 1. The van der Waals surface area contributed by atoms with Crippen molar-refractivity contribution in [2.24, 2.45) is 0 Å². The quantitative estimate of drug-likeness (QED) is 0.815. The number of pyridine rings is 1. The molecular weight excluding hydrogens is 288 g/mol. The SMILES string of the molecule is CC1(C)C(=O)Nc2cc3c(cc21)NC(CCc1cccnc1)N3. The van der Waals surface area contributed by atoms with E-state index in [0.717, 1.165) is 35.5 Å². The minimum absolute atomic E-state index is 0.0595. The van der Waals surface area contributed by atoms with Crippen LogP contribution in [0.5, 0.6) is 0 Å². The highest BCUT2D eigenvalue weighted by Crippen LogP contribution is 2.44. The van der Waals surface area contributed by atoms with Gasteiger partial charge in [-0.25, -0.2) is 0 Å². The van der Waals surface area contributed by atoms with Crippen molar-refractivity contribution >= 4 is 23.0 Å². The third-order valence-electron chi connectivity index (χ3n) is 4.75. The van der Waals surface area contributed by atoms with Gasteiger partial charge in [0.2, 0.25) is 5.91 Å². The van der Waals surface area contributed by atoms with Crippen LogP contribution < -0.4 is 16.0 Å². The number of anilines is 3. The van der Waals surface area contributed by atoms with E-state index in [1.54, 1.807) is 6.20 Å². The van der Waals surface area contributed by atoms with Crippen molar-refractivity contribution in [1.82, 2.24) is 4.98 Å². The molecule has 0 saturated heterocycles. The Morgan fingerprint density at radius 2 is 1.96 bits per heavy atom. The highest BCUT2D eigenvalue weighted by atomic mass is 16.2. The molecule has 2 aliphatic heterocycles. The monoisotopic (exact) mass is 308 g/mol. The van der Waals surface area contributed by atoms with E-state index in [1.165, 1.54) is 5.56 Å². The van der Waals surface area contributed by atoms with Gasteiger partial charge in [-0.1, -0.05) is 6.07 Å². The normalized spacial score (nSPS) is 20.3. The Morgan fingerprint density at radius 3 is 2.70 bits per heavy atom. The standard InChI is InChI=1S/C18H20N4O/c1-18(2)12-8-14-15(9-13(12)22-17(18)23)21-16(20-14)6-5-11-4-3-7-19-10-11/h3-4,7-10,16,20-21H,5-6H2,1-2H3,(H,22,23). The molecule has 0 saturated carbocycles. The van der Waals surface area contributed by atoms with Crippen molar-refractivity contribution in [3.05, 3.63) is 47.8 Å². The lowest BCUT2D eigenvalue weighted by molar-refractivity contribution is -0.119. The third kappa shape index (κ3) is 2.32. The Bertz CT molecular complexity index is 770. The first-order chi connectivity index (χ1) is 11.0. The third-order valence-corrected chi connectivity index (χ3v) is 4.75. The zero-order valence-corrected chi connectivity index (χ0v) is 13.3. The molecule has 0 spiro atoms. The van der Waals surface area contributed by atoms with E-state index >= 15 is 0 Å². The maximum atomic E-state index is 12.0. The first-order valence-corrected chi connectivity index (χ1v) is 7.96. The van der Waals surface area contributed by atoms with Gasteiger partial charge in [-0.15, -0.1) is 0 Å². The maximum Gasteiger partial charge on any atom is 0.234 e. The van der Waals surface area contributed by atoms with Gasteiger partial charge in [0.15, 0.2) is 0 Å². The van der Waals surface area contributed by atoms with Gasteiger partial charge in [0, 0.05) is 18.1 Å². The summed E-state index contributed by atoms with van der Waals surface area (Å²) < 4.78 is 0. The van der Waals surface area contributed by atoms with Gasteiger partial charge < -0.3 is 16.0 Å². The van der Waals surface area contributed by atoms with Crippen LogP contribution >= 0.6 is 0 Å².